The molecule has 0 bridgehead atoms. The summed E-state index contributed by atoms with van der Waals surface area (Å²) >= 11 is 0. The van der Waals surface area contributed by atoms with E-state index in [1.165, 1.54) is 11.3 Å². The minimum atomic E-state index is 0.0543. The highest BCUT2D eigenvalue weighted by atomic mass is 16.2. The topological polar surface area (TPSA) is 47.1 Å². The number of nitrogens with zero attached hydrogens (tertiary/aromatic N) is 4. The Labute approximate surface area is 184 Å². The second-order valence-corrected chi connectivity index (χ2v) is 8.94. The van der Waals surface area contributed by atoms with Gasteiger partial charge in [0.2, 0.25) is 0 Å². The van der Waals surface area contributed by atoms with Crippen molar-refractivity contribution in [3.63, 3.8) is 0 Å². The average Bonchev–Trinajstić information content (AvgIpc) is 2.82. The zero-order valence-corrected chi connectivity index (χ0v) is 18.4. The average molecular weight is 419 g/mol. The van der Waals surface area contributed by atoms with E-state index < -0.39 is 0 Å². The molecule has 0 aromatic heterocycles. The first-order valence-corrected chi connectivity index (χ1v) is 11.3. The van der Waals surface area contributed by atoms with E-state index in [9.17, 15) is 9.59 Å². The number of hydrogen-bond donors (Lipinski definition) is 0. The molecule has 0 N–H and O–H groups in total. The number of piperidine rings is 1. The third-order valence-corrected chi connectivity index (χ3v) is 6.97. The van der Waals surface area contributed by atoms with Crippen LogP contribution in [0.3, 0.4) is 0 Å². The molecule has 3 aliphatic heterocycles. The molecule has 2 aromatic carbocycles. The monoisotopic (exact) mass is 418 g/mol. The molecule has 162 valence electrons. The summed E-state index contributed by atoms with van der Waals surface area (Å²) in [6, 6.07) is 14.1. The number of rotatable bonds is 2. The van der Waals surface area contributed by atoms with Gasteiger partial charge in [0.15, 0.2) is 0 Å². The second kappa shape index (κ2) is 7.91. The van der Waals surface area contributed by atoms with Crippen LogP contribution < -0.4 is 9.80 Å². The van der Waals surface area contributed by atoms with E-state index in [1.807, 2.05) is 35.0 Å². The molecule has 0 spiro atoms. The number of piperazine rings is 1. The molecule has 2 aromatic rings. The highest BCUT2D eigenvalue weighted by Gasteiger charge is 2.37. The maximum Gasteiger partial charge on any atom is 0.257 e. The van der Waals surface area contributed by atoms with Crippen LogP contribution >= 0.6 is 0 Å². The van der Waals surface area contributed by atoms with Crippen molar-refractivity contribution in [2.45, 2.75) is 32.4 Å². The summed E-state index contributed by atoms with van der Waals surface area (Å²) in [4.78, 5) is 34.7. The maximum absolute atomic E-state index is 13.2. The summed E-state index contributed by atoms with van der Waals surface area (Å²) in [5, 5.41) is 0. The molecule has 5 rings (SSSR count). The van der Waals surface area contributed by atoms with Crippen molar-refractivity contribution >= 4 is 23.2 Å². The standard InChI is InChI=1S/C25H30N4O2/c1-18-6-5-7-20(16-18)27-12-14-28(15-13-27)24(30)19-9-10-21-22(17-19)26(2)23-8-3-4-11-29(23)25(21)31/h5-7,9-10,16-17,23H,3-4,8,11-15H2,1-2H3/t23-/m0/s1. The molecule has 3 heterocycles. The lowest BCUT2D eigenvalue weighted by Crippen LogP contribution is -2.56. The van der Waals surface area contributed by atoms with Gasteiger partial charge in [-0.05, 0) is 62.1 Å². The van der Waals surface area contributed by atoms with Crippen molar-refractivity contribution in [2.24, 2.45) is 0 Å². The lowest BCUT2D eigenvalue weighted by atomic mass is 9.97. The van der Waals surface area contributed by atoms with Gasteiger partial charge in [0, 0.05) is 51.0 Å². The number of carbonyl (C=O) groups excluding carboxylic acids is 2. The molecule has 6 nitrogen and oxygen atoms in total. The molecule has 6 heteroatoms. The van der Waals surface area contributed by atoms with Gasteiger partial charge in [-0.2, -0.15) is 0 Å². The molecule has 0 aliphatic carbocycles. The molecule has 1 atom stereocenters. The van der Waals surface area contributed by atoms with Gasteiger partial charge >= 0.3 is 0 Å². The number of benzene rings is 2. The molecule has 0 radical (unpaired) electrons. The van der Waals surface area contributed by atoms with Gasteiger partial charge < -0.3 is 19.6 Å². The summed E-state index contributed by atoms with van der Waals surface area (Å²) in [5.74, 6) is 0.155. The Morgan fingerprint density at radius 2 is 1.77 bits per heavy atom. The van der Waals surface area contributed by atoms with Crippen LogP contribution in [0.15, 0.2) is 42.5 Å². The van der Waals surface area contributed by atoms with Gasteiger partial charge in [-0.3, -0.25) is 9.59 Å². The quantitative estimate of drug-likeness (QED) is 0.750. The molecule has 2 saturated heterocycles. The van der Waals surface area contributed by atoms with E-state index in [0.29, 0.717) is 24.2 Å². The first-order valence-electron chi connectivity index (χ1n) is 11.3. The number of carbonyl (C=O) groups is 2. The summed E-state index contributed by atoms with van der Waals surface area (Å²) in [7, 11) is 2.04. The summed E-state index contributed by atoms with van der Waals surface area (Å²) in [6.07, 6.45) is 3.30. The predicted molar refractivity (Wildman–Crippen MR) is 123 cm³/mol. The molecule has 0 saturated carbocycles. The minimum absolute atomic E-state index is 0.0543. The summed E-state index contributed by atoms with van der Waals surface area (Å²) < 4.78 is 0. The molecule has 31 heavy (non-hydrogen) atoms. The van der Waals surface area contributed by atoms with Crippen molar-refractivity contribution in [2.75, 3.05) is 49.6 Å². The highest BCUT2D eigenvalue weighted by molar-refractivity contribution is 6.04. The number of amides is 2. The van der Waals surface area contributed by atoms with Crippen molar-refractivity contribution in [1.29, 1.82) is 0 Å². The normalized spacial score (nSPS) is 21.1. The number of anilines is 2. The summed E-state index contributed by atoms with van der Waals surface area (Å²) in [5.41, 5.74) is 4.74. The van der Waals surface area contributed by atoms with Gasteiger partial charge in [0.1, 0.15) is 6.17 Å². The van der Waals surface area contributed by atoms with Crippen LogP contribution in [0.2, 0.25) is 0 Å². The van der Waals surface area contributed by atoms with E-state index in [1.54, 1.807) is 0 Å². The van der Waals surface area contributed by atoms with Crippen LogP contribution in [0, 0.1) is 6.92 Å². The van der Waals surface area contributed by atoms with Crippen molar-refractivity contribution in [1.82, 2.24) is 9.80 Å². The highest BCUT2D eigenvalue weighted by Crippen LogP contribution is 2.35. The Balaban J connectivity index is 1.32. The Hall–Kier alpha value is -3.02. The Morgan fingerprint density at radius 1 is 0.968 bits per heavy atom. The zero-order chi connectivity index (χ0) is 21.5. The van der Waals surface area contributed by atoms with Crippen molar-refractivity contribution in [3.05, 3.63) is 59.2 Å². The zero-order valence-electron chi connectivity index (χ0n) is 18.4. The number of fused-ring (bicyclic) bond motifs is 2. The summed E-state index contributed by atoms with van der Waals surface area (Å²) in [6.45, 7) is 5.99. The van der Waals surface area contributed by atoms with Crippen LogP contribution in [-0.2, 0) is 0 Å². The van der Waals surface area contributed by atoms with Crippen molar-refractivity contribution < 1.29 is 9.59 Å². The largest absolute Gasteiger partial charge is 0.368 e. The van der Waals surface area contributed by atoms with Gasteiger partial charge in [-0.15, -0.1) is 0 Å². The second-order valence-electron chi connectivity index (χ2n) is 8.94. The van der Waals surface area contributed by atoms with E-state index in [0.717, 1.165) is 44.6 Å². The van der Waals surface area contributed by atoms with Crippen LogP contribution in [0.4, 0.5) is 11.4 Å². The van der Waals surface area contributed by atoms with Gasteiger partial charge in [0.05, 0.1) is 11.3 Å². The van der Waals surface area contributed by atoms with Gasteiger partial charge in [-0.1, -0.05) is 12.1 Å². The fourth-order valence-electron chi connectivity index (χ4n) is 5.18. The third-order valence-electron chi connectivity index (χ3n) is 6.97. The van der Waals surface area contributed by atoms with E-state index in [4.69, 9.17) is 0 Å². The third kappa shape index (κ3) is 3.54. The SMILES string of the molecule is Cc1cccc(N2CCN(C(=O)c3ccc4c(c3)N(C)[C@@H]3CCCCN3C4=O)CC2)c1. The molecule has 2 amide bonds. The maximum atomic E-state index is 13.2. The van der Waals surface area contributed by atoms with E-state index in [2.05, 4.69) is 41.0 Å². The Bertz CT molecular complexity index is 1010. The van der Waals surface area contributed by atoms with Crippen LogP contribution in [0.1, 0.15) is 45.5 Å². The first kappa shape index (κ1) is 19.9. The Morgan fingerprint density at radius 3 is 2.55 bits per heavy atom. The molecule has 0 unspecified atom stereocenters. The molecule has 2 fully saturated rings. The minimum Gasteiger partial charge on any atom is -0.368 e. The molecular weight excluding hydrogens is 388 g/mol. The smallest absolute Gasteiger partial charge is 0.257 e. The molecular formula is C25H30N4O2. The predicted octanol–water partition coefficient (Wildman–Crippen LogP) is 3.36. The fourth-order valence-corrected chi connectivity index (χ4v) is 5.18. The van der Waals surface area contributed by atoms with Crippen LogP contribution in [0.5, 0.6) is 0 Å². The Kier molecular flexibility index (Phi) is 5.08. The van der Waals surface area contributed by atoms with E-state index in [-0.39, 0.29) is 18.0 Å². The molecule has 3 aliphatic rings. The van der Waals surface area contributed by atoms with Crippen LogP contribution in [-0.4, -0.2) is 67.6 Å². The van der Waals surface area contributed by atoms with Gasteiger partial charge in [0.25, 0.3) is 11.8 Å². The van der Waals surface area contributed by atoms with Gasteiger partial charge in [-0.25, -0.2) is 0 Å². The fraction of sp³-hybridized carbons (Fsp3) is 0.440. The lowest BCUT2D eigenvalue weighted by Gasteiger charge is -2.46. The first-order chi connectivity index (χ1) is 15.0. The van der Waals surface area contributed by atoms with E-state index >= 15 is 0 Å². The van der Waals surface area contributed by atoms with Crippen LogP contribution in [0.25, 0.3) is 0 Å². The number of aryl methyl sites for hydroxylation is 1. The number of hydrogen-bond acceptors (Lipinski definition) is 4. The van der Waals surface area contributed by atoms with Crippen molar-refractivity contribution in [3.8, 4) is 0 Å². The lowest BCUT2D eigenvalue weighted by molar-refractivity contribution is 0.0588.